The fraction of sp³-hybridized carbons (Fsp3) is 0.500. The van der Waals surface area contributed by atoms with Crippen molar-refractivity contribution < 1.29 is 4.79 Å². The topological polar surface area (TPSA) is 94.0 Å². The SMILES string of the molecule is CC(C)C(C)(CN)Nc1ccc(C(N)=O)cn1. The lowest BCUT2D eigenvalue weighted by atomic mass is 9.88. The van der Waals surface area contributed by atoms with Gasteiger partial charge in [0.15, 0.2) is 0 Å². The van der Waals surface area contributed by atoms with Crippen molar-refractivity contribution in [3.63, 3.8) is 0 Å². The molecule has 0 saturated carbocycles. The standard InChI is InChI=1S/C12H20N4O/c1-8(2)12(3,7-13)16-10-5-4-9(6-15-10)11(14)17/h4-6,8H,7,13H2,1-3H3,(H2,14,17)(H,15,16). The van der Waals surface area contributed by atoms with E-state index in [1.165, 1.54) is 6.20 Å². The predicted molar refractivity (Wildman–Crippen MR) is 68.7 cm³/mol. The monoisotopic (exact) mass is 236 g/mol. The third kappa shape index (κ3) is 3.17. The highest BCUT2D eigenvalue weighted by atomic mass is 16.1. The van der Waals surface area contributed by atoms with Gasteiger partial charge in [-0.3, -0.25) is 4.79 Å². The lowest BCUT2D eigenvalue weighted by molar-refractivity contribution is 0.1000. The molecule has 0 aliphatic heterocycles. The first-order chi connectivity index (χ1) is 7.89. The van der Waals surface area contributed by atoms with E-state index in [1.54, 1.807) is 12.1 Å². The maximum Gasteiger partial charge on any atom is 0.250 e. The molecule has 0 radical (unpaired) electrons. The molecule has 0 fully saturated rings. The molecule has 1 heterocycles. The number of pyridine rings is 1. The molecule has 5 nitrogen and oxygen atoms in total. The Balaban J connectivity index is 2.85. The number of rotatable bonds is 5. The van der Waals surface area contributed by atoms with Gasteiger partial charge in [0.1, 0.15) is 5.82 Å². The molecular formula is C12H20N4O. The summed E-state index contributed by atoms with van der Waals surface area (Å²) in [6, 6.07) is 3.38. The Morgan fingerprint density at radius 3 is 2.53 bits per heavy atom. The highest BCUT2D eigenvalue weighted by Crippen LogP contribution is 2.20. The van der Waals surface area contributed by atoms with E-state index in [1.807, 2.05) is 6.92 Å². The van der Waals surface area contributed by atoms with Crippen LogP contribution in [0.25, 0.3) is 0 Å². The quantitative estimate of drug-likeness (QED) is 0.710. The van der Waals surface area contributed by atoms with Gasteiger partial charge in [0.05, 0.1) is 11.1 Å². The van der Waals surface area contributed by atoms with Gasteiger partial charge in [0.25, 0.3) is 0 Å². The van der Waals surface area contributed by atoms with Crippen molar-refractivity contribution >= 4 is 11.7 Å². The summed E-state index contributed by atoms with van der Waals surface area (Å²) < 4.78 is 0. The Bertz CT molecular complexity index is 388. The van der Waals surface area contributed by atoms with Crippen LogP contribution < -0.4 is 16.8 Å². The van der Waals surface area contributed by atoms with Crippen LogP contribution in [0.4, 0.5) is 5.82 Å². The zero-order chi connectivity index (χ0) is 13.1. The number of hydrogen-bond donors (Lipinski definition) is 3. The Labute approximate surface area is 102 Å². The van der Waals surface area contributed by atoms with Crippen molar-refractivity contribution in [2.24, 2.45) is 17.4 Å². The minimum Gasteiger partial charge on any atom is -0.366 e. The van der Waals surface area contributed by atoms with E-state index in [9.17, 15) is 4.79 Å². The molecule has 0 aliphatic carbocycles. The van der Waals surface area contributed by atoms with E-state index in [0.717, 1.165) is 0 Å². The van der Waals surface area contributed by atoms with Gasteiger partial charge in [0.2, 0.25) is 5.91 Å². The summed E-state index contributed by atoms with van der Waals surface area (Å²) in [5, 5.41) is 3.28. The van der Waals surface area contributed by atoms with Crippen LogP contribution in [0, 0.1) is 5.92 Å². The van der Waals surface area contributed by atoms with Gasteiger partial charge >= 0.3 is 0 Å². The number of hydrogen-bond acceptors (Lipinski definition) is 4. The fourth-order valence-corrected chi connectivity index (χ4v) is 1.34. The second-order valence-corrected chi connectivity index (χ2v) is 4.70. The Kier molecular flexibility index (Phi) is 4.07. The minimum atomic E-state index is -0.477. The average Bonchev–Trinajstić information content (AvgIpc) is 2.29. The van der Waals surface area contributed by atoms with E-state index >= 15 is 0 Å². The minimum absolute atomic E-state index is 0.221. The van der Waals surface area contributed by atoms with Gasteiger partial charge in [-0.1, -0.05) is 13.8 Å². The number of anilines is 1. The molecule has 94 valence electrons. The summed E-state index contributed by atoms with van der Waals surface area (Å²) in [5.41, 5.74) is 11.1. The number of nitrogens with zero attached hydrogens (tertiary/aromatic N) is 1. The summed E-state index contributed by atoms with van der Waals surface area (Å²) in [4.78, 5) is 15.1. The van der Waals surface area contributed by atoms with Crippen LogP contribution in [-0.2, 0) is 0 Å². The first kappa shape index (κ1) is 13.4. The summed E-state index contributed by atoms with van der Waals surface area (Å²) in [6.07, 6.45) is 1.46. The number of nitrogens with two attached hydrogens (primary N) is 2. The predicted octanol–water partition coefficient (Wildman–Crippen LogP) is 0.966. The number of carbonyl (C=O) groups is 1. The van der Waals surface area contributed by atoms with Crippen LogP contribution in [0.15, 0.2) is 18.3 Å². The zero-order valence-corrected chi connectivity index (χ0v) is 10.5. The van der Waals surface area contributed by atoms with Crippen molar-refractivity contribution in [2.75, 3.05) is 11.9 Å². The van der Waals surface area contributed by atoms with Gasteiger partial charge in [-0.15, -0.1) is 0 Å². The van der Waals surface area contributed by atoms with Crippen LogP contribution in [0.5, 0.6) is 0 Å². The molecule has 5 heteroatoms. The number of amides is 1. The summed E-state index contributed by atoms with van der Waals surface area (Å²) in [7, 11) is 0. The summed E-state index contributed by atoms with van der Waals surface area (Å²) in [6.45, 7) is 6.74. The maximum absolute atomic E-state index is 10.9. The molecule has 17 heavy (non-hydrogen) atoms. The van der Waals surface area contributed by atoms with Crippen LogP contribution in [0.2, 0.25) is 0 Å². The molecular weight excluding hydrogens is 216 g/mol. The lowest BCUT2D eigenvalue weighted by Gasteiger charge is -2.34. The molecule has 1 atom stereocenters. The van der Waals surface area contributed by atoms with Gasteiger partial charge in [-0.2, -0.15) is 0 Å². The third-order valence-corrected chi connectivity index (χ3v) is 3.16. The van der Waals surface area contributed by atoms with Crippen LogP contribution in [-0.4, -0.2) is 23.0 Å². The number of nitrogens with one attached hydrogen (secondary N) is 1. The average molecular weight is 236 g/mol. The largest absolute Gasteiger partial charge is 0.366 e. The highest BCUT2D eigenvalue weighted by molar-refractivity contribution is 5.92. The molecule has 0 saturated heterocycles. The Morgan fingerprint density at radius 2 is 2.18 bits per heavy atom. The fourth-order valence-electron chi connectivity index (χ4n) is 1.34. The lowest BCUT2D eigenvalue weighted by Crippen LogP contribution is -2.47. The van der Waals surface area contributed by atoms with Crippen LogP contribution in [0.1, 0.15) is 31.1 Å². The van der Waals surface area contributed by atoms with E-state index < -0.39 is 5.91 Å². The Hall–Kier alpha value is -1.62. The number of primary amides is 1. The van der Waals surface area contributed by atoms with Gasteiger partial charge in [0, 0.05) is 12.7 Å². The van der Waals surface area contributed by atoms with E-state index in [-0.39, 0.29) is 5.54 Å². The first-order valence-corrected chi connectivity index (χ1v) is 5.63. The molecule has 1 rings (SSSR count). The van der Waals surface area contributed by atoms with Crippen LogP contribution in [0.3, 0.4) is 0 Å². The molecule has 0 aliphatic rings. The van der Waals surface area contributed by atoms with E-state index in [2.05, 4.69) is 24.1 Å². The molecule has 1 unspecified atom stereocenters. The van der Waals surface area contributed by atoms with Crippen molar-refractivity contribution in [2.45, 2.75) is 26.3 Å². The van der Waals surface area contributed by atoms with Crippen molar-refractivity contribution in [3.05, 3.63) is 23.9 Å². The first-order valence-electron chi connectivity index (χ1n) is 5.63. The molecule has 5 N–H and O–H groups in total. The van der Waals surface area contributed by atoms with Crippen molar-refractivity contribution in [1.82, 2.24) is 4.98 Å². The zero-order valence-electron chi connectivity index (χ0n) is 10.5. The van der Waals surface area contributed by atoms with Gasteiger partial charge in [-0.25, -0.2) is 4.98 Å². The van der Waals surface area contributed by atoms with E-state index in [4.69, 9.17) is 11.5 Å². The van der Waals surface area contributed by atoms with Crippen molar-refractivity contribution in [1.29, 1.82) is 0 Å². The molecule has 0 bridgehead atoms. The number of carbonyl (C=O) groups excluding carboxylic acids is 1. The third-order valence-electron chi connectivity index (χ3n) is 3.16. The normalized spacial score (nSPS) is 14.4. The second-order valence-electron chi connectivity index (χ2n) is 4.70. The summed E-state index contributed by atoms with van der Waals surface area (Å²) in [5.74, 6) is 0.580. The van der Waals surface area contributed by atoms with Gasteiger partial charge < -0.3 is 16.8 Å². The molecule has 0 spiro atoms. The van der Waals surface area contributed by atoms with E-state index in [0.29, 0.717) is 23.8 Å². The highest BCUT2D eigenvalue weighted by Gasteiger charge is 2.26. The van der Waals surface area contributed by atoms with Crippen molar-refractivity contribution in [3.8, 4) is 0 Å². The van der Waals surface area contributed by atoms with Gasteiger partial charge in [-0.05, 0) is 25.0 Å². The molecule has 1 amide bonds. The maximum atomic E-state index is 10.9. The summed E-state index contributed by atoms with van der Waals surface area (Å²) >= 11 is 0. The second kappa shape index (κ2) is 5.14. The Morgan fingerprint density at radius 1 is 1.53 bits per heavy atom. The molecule has 0 aromatic carbocycles. The smallest absolute Gasteiger partial charge is 0.250 e. The molecule has 1 aromatic rings. The molecule has 1 aromatic heterocycles. The van der Waals surface area contributed by atoms with Crippen LogP contribution >= 0.6 is 0 Å². The number of aromatic nitrogens is 1.